The number of nitrogens with two attached hydrogens (primary N) is 1. The highest BCUT2D eigenvalue weighted by Crippen LogP contribution is 2.18. The molecule has 7 heteroatoms. The van der Waals surface area contributed by atoms with Gasteiger partial charge in [-0.15, -0.1) is 0 Å². The Morgan fingerprint density at radius 2 is 1.90 bits per heavy atom. The summed E-state index contributed by atoms with van der Waals surface area (Å²) in [5.41, 5.74) is 1.20. The van der Waals surface area contributed by atoms with Crippen LogP contribution in [-0.2, 0) is 10.0 Å². The molecule has 110 valence electrons. The van der Waals surface area contributed by atoms with Gasteiger partial charge < -0.3 is 5.32 Å². The lowest BCUT2D eigenvalue weighted by atomic mass is 10.1. The van der Waals surface area contributed by atoms with Crippen LogP contribution in [0.1, 0.15) is 15.9 Å². The molecule has 1 amide bonds. The van der Waals surface area contributed by atoms with Crippen molar-refractivity contribution in [2.24, 2.45) is 5.14 Å². The van der Waals surface area contributed by atoms with Crippen LogP contribution >= 0.6 is 11.6 Å². The first kappa shape index (κ1) is 15.5. The van der Waals surface area contributed by atoms with Crippen molar-refractivity contribution in [2.45, 2.75) is 11.8 Å². The maximum Gasteiger partial charge on any atom is 0.255 e. The molecule has 2 aromatic carbocycles. The molecule has 21 heavy (non-hydrogen) atoms. The summed E-state index contributed by atoms with van der Waals surface area (Å²) < 4.78 is 22.9. The van der Waals surface area contributed by atoms with Gasteiger partial charge in [0.15, 0.2) is 0 Å². The first-order valence-electron chi connectivity index (χ1n) is 5.98. The van der Waals surface area contributed by atoms with Crippen LogP contribution in [0.4, 0.5) is 5.69 Å². The number of primary sulfonamides is 1. The maximum absolute atomic E-state index is 12.1. The molecule has 0 fully saturated rings. The number of hydrogen-bond donors (Lipinski definition) is 2. The summed E-state index contributed by atoms with van der Waals surface area (Å²) in [6, 6.07) is 11.0. The molecule has 0 saturated carbocycles. The third-order valence-electron chi connectivity index (χ3n) is 2.84. The van der Waals surface area contributed by atoms with Gasteiger partial charge in [0.1, 0.15) is 0 Å². The van der Waals surface area contributed by atoms with Crippen molar-refractivity contribution in [1.29, 1.82) is 0 Å². The number of aryl methyl sites for hydroxylation is 1. The van der Waals surface area contributed by atoms with E-state index in [1.54, 1.807) is 31.2 Å². The summed E-state index contributed by atoms with van der Waals surface area (Å²) in [5.74, 6) is -0.442. The van der Waals surface area contributed by atoms with E-state index in [9.17, 15) is 13.2 Å². The summed E-state index contributed by atoms with van der Waals surface area (Å²) in [6.07, 6.45) is 0. The number of anilines is 1. The van der Waals surface area contributed by atoms with E-state index < -0.39 is 15.9 Å². The van der Waals surface area contributed by atoms with Crippen molar-refractivity contribution < 1.29 is 13.2 Å². The van der Waals surface area contributed by atoms with Gasteiger partial charge in [0.05, 0.1) is 4.90 Å². The fraction of sp³-hybridized carbons (Fsp3) is 0.0714. The summed E-state index contributed by atoms with van der Waals surface area (Å²) in [7, 11) is -3.87. The summed E-state index contributed by atoms with van der Waals surface area (Å²) >= 11 is 5.83. The van der Waals surface area contributed by atoms with Crippen LogP contribution in [0.3, 0.4) is 0 Å². The highest BCUT2D eigenvalue weighted by atomic mass is 35.5. The van der Waals surface area contributed by atoms with E-state index in [1.165, 1.54) is 18.2 Å². The Balaban J connectivity index is 2.32. The molecule has 0 aliphatic heterocycles. The zero-order valence-corrected chi connectivity index (χ0v) is 12.7. The average molecular weight is 325 g/mol. The number of nitrogens with one attached hydrogen (secondary N) is 1. The summed E-state index contributed by atoms with van der Waals surface area (Å²) in [5, 5.41) is 8.25. The molecule has 0 heterocycles. The van der Waals surface area contributed by atoms with E-state index in [-0.39, 0.29) is 10.5 Å². The highest BCUT2D eigenvalue weighted by Gasteiger charge is 2.15. The average Bonchev–Trinajstić information content (AvgIpc) is 2.37. The number of carbonyl (C=O) groups excluding carboxylic acids is 1. The third-order valence-corrected chi connectivity index (χ3v) is 4.13. The van der Waals surface area contributed by atoms with Crippen LogP contribution < -0.4 is 10.5 Å². The molecular formula is C14H13ClN2O3S. The van der Waals surface area contributed by atoms with Gasteiger partial charge in [-0.3, -0.25) is 4.79 Å². The van der Waals surface area contributed by atoms with E-state index in [2.05, 4.69) is 5.32 Å². The van der Waals surface area contributed by atoms with Crippen LogP contribution in [0.5, 0.6) is 0 Å². The molecular weight excluding hydrogens is 312 g/mol. The minimum atomic E-state index is -3.87. The van der Waals surface area contributed by atoms with Crippen molar-refractivity contribution in [3.8, 4) is 0 Å². The minimum Gasteiger partial charge on any atom is -0.322 e. The van der Waals surface area contributed by atoms with Crippen molar-refractivity contribution in [1.82, 2.24) is 0 Å². The van der Waals surface area contributed by atoms with Gasteiger partial charge >= 0.3 is 0 Å². The highest BCUT2D eigenvalue weighted by molar-refractivity contribution is 7.89. The molecule has 0 atom stereocenters. The Morgan fingerprint density at radius 1 is 1.19 bits per heavy atom. The molecule has 3 N–H and O–H groups in total. The summed E-state index contributed by atoms with van der Waals surface area (Å²) in [6.45, 7) is 1.61. The largest absolute Gasteiger partial charge is 0.322 e. The normalized spacial score (nSPS) is 11.2. The second-order valence-corrected chi connectivity index (χ2v) is 6.46. The zero-order valence-electron chi connectivity index (χ0n) is 11.1. The molecule has 2 aromatic rings. The Kier molecular flexibility index (Phi) is 4.32. The van der Waals surface area contributed by atoms with Gasteiger partial charge in [-0.2, -0.15) is 0 Å². The molecule has 0 radical (unpaired) electrons. The van der Waals surface area contributed by atoms with E-state index in [1.807, 2.05) is 0 Å². The van der Waals surface area contributed by atoms with Crippen molar-refractivity contribution in [3.05, 3.63) is 58.6 Å². The second-order valence-electron chi connectivity index (χ2n) is 4.49. The monoisotopic (exact) mass is 324 g/mol. The third kappa shape index (κ3) is 3.81. The molecule has 0 spiro atoms. The van der Waals surface area contributed by atoms with Gasteiger partial charge in [0.25, 0.3) is 5.91 Å². The van der Waals surface area contributed by atoms with Crippen LogP contribution in [0.15, 0.2) is 47.4 Å². The fourth-order valence-corrected chi connectivity index (χ4v) is 2.82. The van der Waals surface area contributed by atoms with Crippen molar-refractivity contribution >= 4 is 33.2 Å². The van der Waals surface area contributed by atoms with Gasteiger partial charge in [-0.1, -0.05) is 23.7 Å². The van der Waals surface area contributed by atoms with Crippen LogP contribution in [0, 0.1) is 6.92 Å². The van der Waals surface area contributed by atoms with E-state index in [0.717, 1.165) is 0 Å². The Morgan fingerprint density at radius 3 is 2.52 bits per heavy atom. The first-order valence-corrected chi connectivity index (χ1v) is 7.90. The minimum absolute atomic E-state index is 0.0683. The SMILES string of the molecule is Cc1ccc(C(=O)Nc2cccc(Cl)c2)cc1S(N)(=O)=O. The number of hydrogen-bond acceptors (Lipinski definition) is 3. The van der Waals surface area contributed by atoms with Crippen molar-refractivity contribution in [3.63, 3.8) is 0 Å². The number of carbonyl (C=O) groups is 1. The number of sulfonamides is 1. The Hall–Kier alpha value is -1.89. The number of amides is 1. The molecule has 0 saturated heterocycles. The molecule has 0 aliphatic rings. The molecule has 0 aliphatic carbocycles. The predicted octanol–water partition coefficient (Wildman–Crippen LogP) is 2.55. The molecule has 0 aromatic heterocycles. The number of halogens is 1. The van der Waals surface area contributed by atoms with Gasteiger partial charge in [0.2, 0.25) is 10.0 Å². The number of benzene rings is 2. The standard InChI is InChI=1S/C14H13ClN2O3S/c1-9-5-6-10(7-13(9)21(16,19)20)14(18)17-12-4-2-3-11(15)8-12/h2-8H,1H3,(H,17,18)(H2,16,19,20). The van der Waals surface area contributed by atoms with Crippen molar-refractivity contribution in [2.75, 3.05) is 5.32 Å². The molecule has 0 bridgehead atoms. The molecule has 0 unspecified atom stereocenters. The lowest BCUT2D eigenvalue weighted by Gasteiger charge is -2.08. The van der Waals surface area contributed by atoms with Gasteiger partial charge in [-0.25, -0.2) is 13.6 Å². The first-order chi connectivity index (χ1) is 9.77. The fourth-order valence-electron chi connectivity index (χ4n) is 1.82. The Bertz CT molecular complexity index is 804. The van der Waals surface area contributed by atoms with Crippen LogP contribution in [0.2, 0.25) is 5.02 Å². The van der Waals surface area contributed by atoms with Gasteiger partial charge in [-0.05, 0) is 42.8 Å². The van der Waals surface area contributed by atoms with E-state index >= 15 is 0 Å². The summed E-state index contributed by atoms with van der Waals surface area (Å²) in [4.78, 5) is 12.1. The van der Waals surface area contributed by atoms with Crippen LogP contribution in [-0.4, -0.2) is 14.3 Å². The quantitative estimate of drug-likeness (QED) is 0.909. The maximum atomic E-state index is 12.1. The lowest BCUT2D eigenvalue weighted by Crippen LogP contribution is -2.17. The zero-order chi connectivity index (χ0) is 15.6. The smallest absolute Gasteiger partial charge is 0.255 e. The number of rotatable bonds is 3. The molecule has 2 rings (SSSR count). The van der Waals surface area contributed by atoms with Gasteiger partial charge in [0, 0.05) is 16.3 Å². The predicted molar refractivity (Wildman–Crippen MR) is 82.0 cm³/mol. The van der Waals surface area contributed by atoms with E-state index in [4.69, 9.17) is 16.7 Å². The van der Waals surface area contributed by atoms with E-state index in [0.29, 0.717) is 16.3 Å². The second kappa shape index (κ2) is 5.85. The lowest BCUT2D eigenvalue weighted by molar-refractivity contribution is 0.102. The topological polar surface area (TPSA) is 89.3 Å². The molecule has 5 nitrogen and oxygen atoms in total. The Labute approximate surface area is 127 Å². The van der Waals surface area contributed by atoms with Crippen LogP contribution in [0.25, 0.3) is 0 Å².